The third-order valence-electron chi connectivity index (χ3n) is 3.09. The second kappa shape index (κ2) is 6.28. The highest BCUT2D eigenvalue weighted by molar-refractivity contribution is 5.50. The molecule has 0 fully saturated rings. The summed E-state index contributed by atoms with van der Waals surface area (Å²) < 4.78 is 39.3. The molecule has 104 valence electrons. The molecule has 0 amide bonds. The van der Waals surface area contributed by atoms with E-state index >= 15 is 0 Å². The summed E-state index contributed by atoms with van der Waals surface area (Å²) in [6, 6.07) is 16.2. The van der Waals surface area contributed by atoms with Gasteiger partial charge in [0.25, 0.3) is 0 Å². The van der Waals surface area contributed by atoms with E-state index in [1.54, 1.807) is 61.6 Å². The predicted molar refractivity (Wildman–Crippen MR) is 74.4 cm³/mol. The molecule has 0 saturated carbocycles. The van der Waals surface area contributed by atoms with Gasteiger partial charge in [-0.15, -0.1) is 0 Å². The Morgan fingerprint density at radius 2 is 1.35 bits per heavy atom. The number of nitrogens with zero attached hydrogens (tertiary/aromatic N) is 1. The first-order valence-electron chi connectivity index (χ1n) is 6.14. The first-order valence-corrected chi connectivity index (χ1v) is 6.14. The fourth-order valence-corrected chi connectivity index (χ4v) is 2.09. The van der Waals surface area contributed by atoms with Gasteiger partial charge in [-0.2, -0.15) is 8.78 Å². The molecule has 1 nitrogen and oxygen atoms in total. The highest BCUT2D eigenvalue weighted by atomic mass is 19.3. The van der Waals surface area contributed by atoms with Gasteiger partial charge >= 0.3 is 6.08 Å². The zero-order valence-corrected chi connectivity index (χ0v) is 10.9. The van der Waals surface area contributed by atoms with E-state index in [0.29, 0.717) is 11.3 Å². The van der Waals surface area contributed by atoms with Crippen molar-refractivity contribution in [3.63, 3.8) is 0 Å². The monoisotopic (exact) mass is 277 g/mol. The molecule has 1 atom stereocenters. The van der Waals surface area contributed by atoms with Gasteiger partial charge in [-0.1, -0.05) is 48.5 Å². The SMILES string of the molecule is CN(c1ccccc1)C(C(F)=C(F)F)c1ccccc1. The molecule has 0 aliphatic heterocycles. The summed E-state index contributed by atoms with van der Waals surface area (Å²) in [5.74, 6) is -1.43. The van der Waals surface area contributed by atoms with Crippen molar-refractivity contribution >= 4 is 5.69 Å². The third-order valence-corrected chi connectivity index (χ3v) is 3.09. The van der Waals surface area contributed by atoms with Crippen LogP contribution < -0.4 is 4.90 Å². The summed E-state index contributed by atoms with van der Waals surface area (Å²) in [4.78, 5) is 1.49. The van der Waals surface area contributed by atoms with Crippen LogP contribution in [0.5, 0.6) is 0 Å². The molecule has 0 aliphatic carbocycles. The molecule has 4 heteroatoms. The second-order valence-electron chi connectivity index (χ2n) is 4.37. The molecule has 0 aliphatic rings. The van der Waals surface area contributed by atoms with Crippen LogP contribution in [0.2, 0.25) is 0 Å². The molecule has 0 radical (unpaired) electrons. The first-order chi connectivity index (χ1) is 9.61. The molecule has 0 saturated heterocycles. The van der Waals surface area contributed by atoms with Crippen molar-refractivity contribution in [1.29, 1.82) is 0 Å². The number of halogens is 3. The lowest BCUT2D eigenvalue weighted by atomic mass is 10.0. The minimum Gasteiger partial charge on any atom is -0.361 e. The number of anilines is 1. The van der Waals surface area contributed by atoms with Gasteiger partial charge in [0.1, 0.15) is 6.04 Å². The number of hydrogen-bond donors (Lipinski definition) is 0. The molecule has 2 aromatic rings. The van der Waals surface area contributed by atoms with Crippen LogP contribution in [0.4, 0.5) is 18.9 Å². The smallest absolute Gasteiger partial charge is 0.304 e. The van der Waals surface area contributed by atoms with E-state index in [2.05, 4.69) is 0 Å². The maximum Gasteiger partial charge on any atom is 0.304 e. The zero-order valence-electron chi connectivity index (χ0n) is 10.9. The Morgan fingerprint density at radius 1 is 0.850 bits per heavy atom. The zero-order chi connectivity index (χ0) is 14.5. The minimum atomic E-state index is -2.29. The topological polar surface area (TPSA) is 3.24 Å². The van der Waals surface area contributed by atoms with E-state index in [1.807, 2.05) is 6.07 Å². The second-order valence-corrected chi connectivity index (χ2v) is 4.37. The Kier molecular flexibility index (Phi) is 4.45. The van der Waals surface area contributed by atoms with Crippen LogP contribution in [0.15, 0.2) is 72.6 Å². The maximum absolute atomic E-state index is 13.9. The quantitative estimate of drug-likeness (QED) is 0.765. The average Bonchev–Trinajstić information content (AvgIpc) is 2.49. The van der Waals surface area contributed by atoms with E-state index in [9.17, 15) is 13.2 Å². The summed E-state index contributed by atoms with van der Waals surface area (Å²) in [6.07, 6.45) is -2.29. The molecular weight excluding hydrogens is 263 g/mol. The first kappa shape index (κ1) is 14.2. The maximum atomic E-state index is 13.9. The van der Waals surface area contributed by atoms with Crippen LogP contribution >= 0.6 is 0 Å². The molecule has 20 heavy (non-hydrogen) atoms. The van der Waals surface area contributed by atoms with Gasteiger partial charge in [0.2, 0.25) is 0 Å². The van der Waals surface area contributed by atoms with E-state index < -0.39 is 17.9 Å². The van der Waals surface area contributed by atoms with Crippen molar-refractivity contribution in [2.75, 3.05) is 11.9 Å². The van der Waals surface area contributed by atoms with Crippen molar-refractivity contribution in [3.8, 4) is 0 Å². The molecule has 2 rings (SSSR count). The number of para-hydroxylation sites is 1. The van der Waals surface area contributed by atoms with Crippen LogP contribution in [0.3, 0.4) is 0 Å². The molecule has 0 spiro atoms. The number of benzene rings is 2. The van der Waals surface area contributed by atoms with E-state index in [0.717, 1.165) is 0 Å². The van der Waals surface area contributed by atoms with Crippen molar-refractivity contribution < 1.29 is 13.2 Å². The lowest BCUT2D eigenvalue weighted by Crippen LogP contribution is -2.25. The van der Waals surface area contributed by atoms with E-state index in [1.165, 1.54) is 4.90 Å². The molecular formula is C16H14F3N. The normalized spacial score (nSPS) is 11.8. The van der Waals surface area contributed by atoms with Crippen LogP contribution in [-0.4, -0.2) is 7.05 Å². The van der Waals surface area contributed by atoms with Gasteiger partial charge in [-0.25, -0.2) is 4.39 Å². The fraction of sp³-hybridized carbons (Fsp3) is 0.125. The molecule has 0 bridgehead atoms. The number of hydrogen-bond acceptors (Lipinski definition) is 1. The Labute approximate surface area is 116 Å². The van der Waals surface area contributed by atoms with Gasteiger partial charge in [-0.05, 0) is 17.7 Å². The van der Waals surface area contributed by atoms with Crippen molar-refractivity contribution in [2.24, 2.45) is 0 Å². The van der Waals surface area contributed by atoms with Crippen LogP contribution in [0, 0.1) is 0 Å². The van der Waals surface area contributed by atoms with Crippen LogP contribution in [0.1, 0.15) is 11.6 Å². The van der Waals surface area contributed by atoms with Gasteiger partial charge in [0.15, 0.2) is 5.83 Å². The van der Waals surface area contributed by atoms with Gasteiger partial charge in [0, 0.05) is 12.7 Å². The molecule has 0 aromatic heterocycles. The van der Waals surface area contributed by atoms with E-state index in [-0.39, 0.29) is 0 Å². The van der Waals surface area contributed by atoms with Gasteiger partial charge < -0.3 is 4.90 Å². The highest BCUT2D eigenvalue weighted by Gasteiger charge is 2.26. The Hall–Kier alpha value is -2.23. The summed E-state index contributed by atoms with van der Waals surface area (Å²) in [5.41, 5.74) is 1.14. The highest BCUT2D eigenvalue weighted by Crippen LogP contribution is 2.34. The van der Waals surface area contributed by atoms with Crippen molar-refractivity contribution in [1.82, 2.24) is 0 Å². The lowest BCUT2D eigenvalue weighted by Gasteiger charge is -2.29. The fourth-order valence-electron chi connectivity index (χ4n) is 2.09. The average molecular weight is 277 g/mol. The lowest BCUT2D eigenvalue weighted by molar-refractivity contribution is 0.360. The van der Waals surface area contributed by atoms with Crippen LogP contribution in [0.25, 0.3) is 0 Å². The minimum absolute atomic E-state index is 0.476. The number of likely N-dealkylation sites (N-methyl/N-ethyl adjacent to an activating group) is 1. The molecule has 2 aromatic carbocycles. The van der Waals surface area contributed by atoms with Crippen molar-refractivity contribution in [2.45, 2.75) is 6.04 Å². The third kappa shape index (κ3) is 3.02. The molecule has 1 unspecified atom stereocenters. The van der Waals surface area contributed by atoms with Gasteiger partial charge in [-0.3, -0.25) is 0 Å². The Morgan fingerprint density at radius 3 is 1.85 bits per heavy atom. The Bertz CT molecular complexity index is 577. The summed E-state index contributed by atoms with van der Waals surface area (Å²) in [6.45, 7) is 0. The Balaban J connectivity index is 2.45. The summed E-state index contributed by atoms with van der Waals surface area (Å²) in [5, 5.41) is 0. The van der Waals surface area contributed by atoms with Gasteiger partial charge in [0.05, 0.1) is 0 Å². The number of rotatable bonds is 4. The molecule has 0 heterocycles. The van der Waals surface area contributed by atoms with Crippen LogP contribution in [-0.2, 0) is 0 Å². The largest absolute Gasteiger partial charge is 0.361 e. The molecule has 0 N–H and O–H groups in total. The summed E-state index contributed by atoms with van der Waals surface area (Å²) in [7, 11) is 1.59. The van der Waals surface area contributed by atoms with Crippen molar-refractivity contribution in [3.05, 3.63) is 78.1 Å². The summed E-state index contributed by atoms with van der Waals surface area (Å²) >= 11 is 0. The standard InChI is InChI=1S/C16H14F3N/c1-20(13-10-6-3-7-11-13)15(14(17)16(18)19)12-8-4-2-5-9-12/h2-11,15H,1H3. The predicted octanol–water partition coefficient (Wildman–Crippen LogP) is 4.94. The van der Waals surface area contributed by atoms with E-state index in [4.69, 9.17) is 0 Å².